The van der Waals surface area contributed by atoms with E-state index in [1.807, 2.05) is 6.92 Å². The van der Waals surface area contributed by atoms with E-state index < -0.39 is 17.8 Å². The largest absolute Gasteiger partial charge is 0.481 e. The van der Waals surface area contributed by atoms with Crippen molar-refractivity contribution in [1.82, 2.24) is 20.1 Å². The molecule has 0 bridgehead atoms. The van der Waals surface area contributed by atoms with Crippen LogP contribution >= 0.6 is 0 Å². The van der Waals surface area contributed by atoms with Gasteiger partial charge >= 0.3 is 5.97 Å². The highest BCUT2D eigenvalue weighted by molar-refractivity contribution is 5.85. The minimum Gasteiger partial charge on any atom is -0.481 e. The number of nitrogens with zero attached hydrogens (tertiary/aromatic N) is 3. The molecule has 0 aliphatic heterocycles. The number of rotatable bonds is 5. The van der Waals surface area contributed by atoms with Gasteiger partial charge in [-0.1, -0.05) is 13.3 Å². The second-order valence-corrected chi connectivity index (χ2v) is 5.37. The number of aromatic nitrogens is 3. The fraction of sp³-hybridized carbons (Fsp3) is 0.692. The highest BCUT2D eigenvalue weighted by atomic mass is 16.4. The van der Waals surface area contributed by atoms with Gasteiger partial charge in [0.15, 0.2) is 5.82 Å². The second kappa shape index (κ2) is 6.02. The fourth-order valence-electron chi connectivity index (χ4n) is 2.80. The number of nitrogens with one attached hydrogen (secondary N) is 1. The zero-order valence-electron chi connectivity index (χ0n) is 11.7. The maximum atomic E-state index is 12.2. The summed E-state index contributed by atoms with van der Waals surface area (Å²) in [7, 11) is 1.80. The van der Waals surface area contributed by atoms with Crippen molar-refractivity contribution < 1.29 is 14.7 Å². The Labute approximate surface area is 117 Å². The molecule has 3 atom stereocenters. The Kier molecular flexibility index (Phi) is 4.36. The summed E-state index contributed by atoms with van der Waals surface area (Å²) >= 11 is 0. The van der Waals surface area contributed by atoms with Crippen molar-refractivity contribution >= 4 is 11.9 Å². The summed E-state index contributed by atoms with van der Waals surface area (Å²) in [6.07, 6.45) is 3.72. The molecule has 7 heteroatoms. The molecule has 2 rings (SSSR count). The molecule has 0 saturated heterocycles. The van der Waals surface area contributed by atoms with Gasteiger partial charge in [-0.15, -0.1) is 10.2 Å². The Morgan fingerprint density at radius 3 is 2.70 bits per heavy atom. The van der Waals surface area contributed by atoms with Crippen molar-refractivity contribution in [1.29, 1.82) is 0 Å². The molecule has 0 aromatic carbocycles. The van der Waals surface area contributed by atoms with Crippen LogP contribution in [0.3, 0.4) is 0 Å². The van der Waals surface area contributed by atoms with Crippen LogP contribution in [0.1, 0.15) is 32.0 Å². The summed E-state index contributed by atoms with van der Waals surface area (Å²) in [6.45, 7) is 2.30. The third kappa shape index (κ3) is 2.97. The first-order chi connectivity index (χ1) is 9.52. The third-order valence-electron chi connectivity index (χ3n) is 4.12. The monoisotopic (exact) mass is 280 g/mol. The average Bonchev–Trinajstić information content (AvgIpc) is 3.02. The maximum absolute atomic E-state index is 12.2. The molecule has 1 heterocycles. The molecule has 20 heavy (non-hydrogen) atoms. The Hall–Kier alpha value is -1.92. The van der Waals surface area contributed by atoms with Gasteiger partial charge in [0.2, 0.25) is 5.91 Å². The number of aliphatic carboxylic acids is 1. The molecule has 1 amide bonds. The first-order valence-electron chi connectivity index (χ1n) is 6.86. The molecule has 0 spiro atoms. The number of amides is 1. The van der Waals surface area contributed by atoms with Crippen molar-refractivity contribution in [2.45, 2.75) is 32.7 Å². The highest BCUT2D eigenvalue weighted by Gasteiger charge is 2.41. The molecule has 1 saturated carbocycles. The number of carboxylic acids is 1. The molecule has 1 aliphatic rings. The lowest BCUT2D eigenvalue weighted by atomic mass is 9.95. The first-order valence-corrected chi connectivity index (χ1v) is 6.86. The quantitative estimate of drug-likeness (QED) is 0.821. The number of carbonyl (C=O) groups excluding carboxylic acids is 1. The van der Waals surface area contributed by atoms with E-state index in [0.717, 1.165) is 6.42 Å². The molecular formula is C13H20N4O3. The molecule has 0 radical (unpaired) electrons. The van der Waals surface area contributed by atoms with Gasteiger partial charge in [0.05, 0.1) is 18.4 Å². The third-order valence-corrected chi connectivity index (χ3v) is 4.12. The summed E-state index contributed by atoms with van der Waals surface area (Å²) < 4.78 is 1.72. The van der Waals surface area contributed by atoms with Gasteiger partial charge < -0.3 is 15.0 Å². The van der Waals surface area contributed by atoms with Gasteiger partial charge in [0, 0.05) is 7.05 Å². The zero-order chi connectivity index (χ0) is 14.7. The van der Waals surface area contributed by atoms with Crippen LogP contribution < -0.4 is 5.32 Å². The van der Waals surface area contributed by atoms with Crippen molar-refractivity contribution in [2.24, 2.45) is 24.8 Å². The Balaban J connectivity index is 1.97. The summed E-state index contributed by atoms with van der Waals surface area (Å²) in [5, 5.41) is 19.6. The van der Waals surface area contributed by atoms with E-state index in [2.05, 4.69) is 15.5 Å². The Morgan fingerprint density at radius 2 is 2.15 bits per heavy atom. The number of carbonyl (C=O) groups is 2. The topological polar surface area (TPSA) is 97.1 Å². The lowest BCUT2D eigenvalue weighted by Gasteiger charge is -2.15. The SMILES string of the molecule is CCC1CC(C(=O)O)C(C(=O)NCc2nncn2C)C1. The maximum Gasteiger partial charge on any atom is 0.307 e. The number of hydrogen-bond acceptors (Lipinski definition) is 4. The van der Waals surface area contributed by atoms with E-state index in [1.165, 1.54) is 0 Å². The standard InChI is InChI=1S/C13H20N4O3/c1-3-8-4-9(10(5-8)13(19)20)12(18)14-6-11-16-15-7-17(11)2/h7-10H,3-6H2,1-2H3,(H,14,18)(H,19,20). The minimum atomic E-state index is -0.875. The van der Waals surface area contributed by atoms with Gasteiger partial charge in [0.1, 0.15) is 6.33 Å². The van der Waals surface area contributed by atoms with Crippen molar-refractivity contribution in [3.63, 3.8) is 0 Å². The molecule has 1 fully saturated rings. The van der Waals surface area contributed by atoms with E-state index in [-0.39, 0.29) is 12.5 Å². The Morgan fingerprint density at radius 1 is 1.45 bits per heavy atom. The van der Waals surface area contributed by atoms with Crippen LogP contribution in [0.15, 0.2) is 6.33 Å². The van der Waals surface area contributed by atoms with Gasteiger partial charge in [-0.25, -0.2) is 0 Å². The molecule has 7 nitrogen and oxygen atoms in total. The second-order valence-electron chi connectivity index (χ2n) is 5.37. The minimum absolute atomic E-state index is 0.198. The predicted molar refractivity (Wildman–Crippen MR) is 70.5 cm³/mol. The zero-order valence-corrected chi connectivity index (χ0v) is 11.7. The molecule has 3 unspecified atom stereocenters. The van der Waals surface area contributed by atoms with Crippen molar-refractivity contribution in [3.8, 4) is 0 Å². The van der Waals surface area contributed by atoms with Crippen LogP contribution in [-0.4, -0.2) is 31.7 Å². The van der Waals surface area contributed by atoms with Crippen molar-refractivity contribution in [3.05, 3.63) is 12.2 Å². The predicted octanol–water partition coefficient (Wildman–Crippen LogP) is 0.568. The lowest BCUT2D eigenvalue weighted by molar-refractivity contribution is -0.146. The summed E-state index contributed by atoms with van der Waals surface area (Å²) in [4.78, 5) is 23.5. The summed E-state index contributed by atoms with van der Waals surface area (Å²) in [5.74, 6) is -1.11. The van der Waals surface area contributed by atoms with Gasteiger partial charge in [0.25, 0.3) is 0 Å². The van der Waals surface area contributed by atoms with Crippen LogP contribution in [0.2, 0.25) is 0 Å². The number of carboxylic acid groups (broad SMARTS) is 1. The van der Waals surface area contributed by atoms with E-state index in [1.54, 1.807) is 17.9 Å². The number of hydrogen-bond donors (Lipinski definition) is 2. The smallest absolute Gasteiger partial charge is 0.307 e. The molecule has 2 N–H and O–H groups in total. The lowest BCUT2D eigenvalue weighted by Crippen LogP contribution is -2.35. The Bertz CT molecular complexity index is 500. The van der Waals surface area contributed by atoms with Gasteiger partial charge in [-0.05, 0) is 18.8 Å². The van der Waals surface area contributed by atoms with E-state index in [0.29, 0.717) is 24.6 Å². The van der Waals surface area contributed by atoms with Gasteiger partial charge in [-0.2, -0.15) is 0 Å². The number of aryl methyl sites for hydroxylation is 1. The molecular weight excluding hydrogens is 260 g/mol. The van der Waals surface area contributed by atoms with Crippen LogP contribution in [-0.2, 0) is 23.2 Å². The molecule has 110 valence electrons. The average molecular weight is 280 g/mol. The molecule has 1 aromatic heterocycles. The molecule has 1 aliphatic carbocycles. The van der Waals surface area contributed by atoms with Crippen LogP contribution in [0.5, 0.6) is 0 Å². The summed E-state index contributed by atoms with van der Waals surface area (Å²) in [6, 6.07) is 0. The summed E-state index contributed by atoms with van der Waals surface area (Å²) in [5.41, 5.74) is 0. The van der Waals surface area contributed by atoms with Crippen LogP contribution in [0.4, 0.5) is 0 Å². The highest BCUT2D eigenvalue weighted by Crippen LogP contribution is 2.38. The van der Waals surface area contributed by atoms with Crippen LogP contribution in [0.25, 0.3) is 0 Å². The van der Waals surface area contributed by atoms with Gasteiger partial charge in [-0.3, -0.25) is 9.59 Å². The molecule has 1 aromatic rings. The van der Waals surface area contributed by atoms with Crippen LogP contribution in [0, 0.1) is 17.8 Å². The van der Waals surface area contributed by atoms with E-state index in [9.17, 15) is 14.7 Å². The fourth-order valence-corrected chi connectivity index (χ4v) is 2.80. The normalized spacial score (nSPS) is 25.6. The van der Waals surface area contributed by atoms with E-state index >= 15 is 0 Å². The van der Waals surface area contributed by atoms with E-state index in [4.69, 9.17) is 0 Å². The van der Waals surface area contributed by atoms with Crippen molar-refractivity contribution in [2.75, 3.05) is 0 Å². The first kappa shape index (κ1) is 14.5.